The van der Waals surface area contributed by atoms with Gasteiger partial charge in [0.25, 0.3) is 5.82 Å². The first-order chi connectivity index (χ1) is 10.8. The van der Waals surface area contributed by atoms with E-state index in [0.29, 0.717) is 11.3 Å². The fourth-order valence-corrected chi connectivity index (χ4v) is 2.56. The summed E-state index contributed by atoms with van der Waals surface area (Å²) in [4.78, 5) is 3.51. The number of nitrogens with one attached hydrogen (secondary N) is 1. The first-order valence-corrected chi connectivity index (χ1v) is 7.14. The predicted molar refractivity (Wildman–Crippen MR) is 82.1 cm³/mol. The Morgan fingerprint density at radius 2 is 1.96 bits per heavy atom. The topological polar surface area (TPSA) is 80.1 Å². The van der Waals surface area contributed by atoms with E-state index in [0.717, 1.165) is 8.99 Å². The number of aromatic nitrogens is 3. The molecule has 3 N–H and O–H groups in total. The lowest BCUT2D eigenvalue weighted by Crippen LogP contribution is -2.13. The van der Waals surface area contributed by atoms with E-state index in [4.69, 9.17) is 11.1 Å². The normalized spacial score (nSPS) is 11.8. The summed E-state index contributed by atoms with van der Waals surface area (Å²) in [5.41, 5.74) is 6.47. The van der Waals surface area contributed by atoms with E-state index < -0.39 is 12.0 Å². The maximum absolute atomic E-state index is 12.9. The number of pyridine rings is 1. The van der Waals surface area contributed by atoms with Crippen molar-refractivity contribution in [1.82, 2.24) is 14.6 Å². The fraction of sp³-hybridized carbons (Fsp3) is 0.0714. The van der Waals surface area contributed by atoms with E-state index in [1.807, 2.05) is 0 Å². The zero-order chi connectivity index (χ0) is 16.8. The van der Waals surface area contributed by atoms with Gasteiger partial charge in [0.15, 0.2) is 5.65 Å². The van der Waals surface area contributed by atoms with Gasteiger partial charge in [0.1, 0.15) is 5.84 Å². The van der Waals surface area contributed by atoms with Gasteiger partial charge in [-0.25, -0.2) is 9.50 Å². The van der Waals surface area contributed by atoms with E-state index in [9.17, 15) is 13.2 Å². The van der Waals surface area contributed by atoms with Crippen molar-refractivity contribution in [2.75, 3.05) is 0 Å². The predicted octanol–water partition coefficient (Wildman–Crippen LogP) is 3.46. The van der Waals surface area contributed by atoms with E-state index >= 15 is 0 Å². The third kappa shape index (κ3) is 2.79. The third-order valence-electron chi connectivity index (χ3n) is 3.15. The van der Waals surface area contributed by atoms with Crippen LogP contribution >= 0.6 is 15.9 Å². The Bertz CT molecular complexity index is 916. The van der Waals surface area contributed by atoms with Crippen LogP contribution in [-0.2, 0) is 6.18 Å². The zero-order valence-electron chi connectivity index (χ0n) is 11.4. The number of hydrogen-bond acceptors (Lipinski definition) is 3. The van der Waals surface area contributed by atoms with Crippen molar-refractivity contribution < 1.29 is 13.2 Å². The van der Waals surface area contributed by atoms with Crippen molar-refractivity contribution in [2.24, 2.45) is 5.73 Å². The number of hydrogen-bond donors (Lipinski definition) is 2. The highest BCUT2D eigenvalue weighted by molar-refractivity contribution is 9.10. The second kappa shape index (κ2) is 5.34. The van der Waals surface area contributed by atoms with Crippen molar-refractivity contribution in [1.29, 1.82) is 5.41 Å². The van der Waals surface area contributed by atoms with Crippen molar-refractivity contribution in [3.05, 3.63) is 52.3 Å². The fourth-order valence-electron chi connectivity index (χ4n) is 2.16. The number of alkyl halides is 3. The first kappa shape index (κ1) is 15.5. The average Bonchev–Trinajstić information content (AvgIpc) is 2.90. The summed E-state index contributed by atoms with van der Waals surface area (Å²) in [5, 5.41) is 11.0. The Kier molecular flexibility index (Phi) is 3.59. The molecule has 3 rings (SSSR count). The molecule has 0 spiro atoms. The molecule has 1 aromatic carbocycles. The maximum Gasteiger partial charge on any atom is 0.453 e. The molecule has 0 fully saturated rings. The van der Waals surface area contributed by atoms with Gasteiger partial charge in [-0.05, 0) is 24.3 Å². The van der Waals surface area contributed by atoms with Crippen LogP contribution in [0.3, 0.4) is 0 Å². The Balaban J connectivity index is 2.34. The van der Waals surface area contributed by atoms with E-state index in [2.05, 4.69) is 26.0 Å². The lowest BCUT2D eigenvalue weighted by molar-refractivity contribution is -0.144. The Hall–Kier alpha value is -2.42. The quantitative estimate of drug-likeness (QED) is 0.525. The molecule has 0 amide bonds. The lowest BCUT2D eigenvalue weighted by Gasteiger charge is -2.07. The summed E-state index contributed by atoms with van der Waals surface area (Å²) in [6.45, 7) is 0. The number of nitrogen functional groups attached to an aromatic ring is 1. The van der Waals surface area contributed by atoms with Crippen LogP contribution < -0.4 is 5.73 Å². The summed E-state index contributed by atoms with van der Waals surface area (Å²) in [5.74, 6) is -1.65. The minimum atomic E-state index is -4.69. The molecule has 0 atom stereocenters. The summed E-state index contributed by atoms with van der Waals surface area (Å²) in [6.07, 6.45) is -4.69. The van der Waals surface area contributed by atoms with Gasteiger partial charge in [-0.15, -0.1) is 5.10 Å². The lowest BCUT2D eigenvalue weighted by atomic mass is 10.1. The van der Waals surface area contributed by atoms with Crippen molar-refractivity contribution in [2.45, 2.75) is 6.18 Å². The number of nitrogens with two attached hydrogens (primary N) is 1. The molecule has 0 saturated heterocycles. The summed E-state index contributed by atoms with van der Waals surface area (Å²) in [6, 6.07) is 10.1. The molecule has 0 aliphatic carbocycles. The molecule has 3 aromatic rings. The molecule has 0 unspecified atom stereocenters. The highest BCUT2D eigenvalue weighted by Crippen LogP contribution is 2.30. The van der Waals surface area contributed by atoms with E-state index in [1.165, 1.54) is 6.07 Å². The molecule has 118 valence electrons. The molecule has 0 aliphatic rings. The Labute approximate surface area is 136 Å². The number of halogens is 4. The summed E-state index contributed by atoms with van der Waals surface area (Å²) >= 11 is 3.32. The number of amidine groups is 1. The molecule has 2 aromatic heterocycles. The first-order valence-electron chi connectivity index (χ1n) is 6.34. The van der Waals surface area contributed by atoms with Crippen LogP contribution in [0.15, 0.2) is 40.9 Å². The SMILES string of the molecule is N=C(N)c1ccc(-c2cccc(Br)c2)n2nc(C(F)(F)F)nc12. The van der Waals surface area contributed by atoms with Crippen LogP contribution in [0, 0.1) is 5.41 Å². The number of fused-ring (bicyclic) bond motifs is 1. The van der Waals surface area contributed by atoms with Crippen LogP contribution in [0.25, 0.3) is 16.9 Å². The standard InChI is InChI=1S/C14H9BrF3N5/c15-8-3-1-2-7(6-8)10-5-4-9(11(19)20)12-21-13(14(16,17)18)22-23(10)12/h1-6H,(H3,19,20). The number of rotatable bonds is 2. The number of nitrogens with zero attached hydrogens (tertiary/aromatic N) is 3. The summed E-state index contributed by atoms with van der Waals surface area (Å²) in [7, 11) is 0. The second-order valence-corrected chi connectivity index (χ2v) is 5.64. The minimum absolute atomic E-state index is 0.0896. The van der Waals surface area contributed by atoms with Gasteiger partial charge in [0, 0.05) is 10.0 Å². The van der Waals surface area contributed by atoms with Gasteiger partial charge < -0.3 is 5.73 Å². The van der Waals surface area contributed by atoms with Crippen LogP contribution in [0.1, 0.15) is 11.4 Å². The van der Waals surface area contributed by atoms with Gasteiger partial charge in [-0.3, -0.25) is 5.41 Å². The van der Waals surface area contributed by atoms with Crippen molar-refractivity contribution in [3.8, 4) is 11.3 Å². The largest absolute Gasteiger partial charge is 0.453 e. The van der Waals surface area contributed by atoms with E-state index in [1.54, 1.807) is 30.3 Å². The molecule has 9 heteroatoms. The van der Waals surface area contributed by atoms with Gasteiger partial charge in [0.05, 0.1) is 11.3 Å². The second-order valence-electron chi connectivity index (χ2n) is 4.72. The van der Waals surface area contributed by atoms with Crippen LogP contribution in [0.2, 0.25) is 0 Å². The van der Waals surface area contributed by atoms with Crippen molar-refractivity contribution in [3.63, 3.8) is 0 Å². The molecule has 0 aliphatic heterocycles. The van der Waals surface area contributed by atoms with Gasteiger partial charge >= 0.3 is 6.18 Å². The van der Waals surface area contributed by atoms with Gasteiger partial charge in [-0.2, -0.15) is 13.2 Å². The highest BCUT2D eigenvalue weighted by Gasteiger charge is 2.37. The number of benzene rings is 1. The molecular formula is C14H9BrF3N5. The molecule has 23 heavy (non-hydrogen) atoms. The van der Waals surface area contributed by atoms with Crippen LogP contribution in [-0.4, -0.2) is 20.4 Å². The Morgan fingerprint density at radius 3 is 2.57 bits per heavy atom. The monoisotopic (exact) mass is 383 g/mol. The minimum Gasteiger partial charge on any atom is -0.384 e. The molecule has 0 radical (unpaired) electrons. The van der Waals surface area contributed by atoms with E-state index in [-0.39, 0.29) is 17.0 Å². The third-order valence-corrected chi connectivity index (χ3v) is 3.64. The van der Waals surface area contributed by atoms with Crippen molar-refractivity contribution >= 4 is 27.4 Å². The molecule has 0 saturated carbocycles. The molecule has 2 heterocycles. The maximum atomic E-state index is 12.9. The van der Waals surface area contributed by atoms with Crippen LogP contribution in [0.4, 0.5) is 13.2 Å². The molecular weight excluding hydrogens is 375 g/mol. The molecule has 5 nitrogen and oxygen atoms in total. The average molecular weight is 384 g/mol. The molecule has 0 bridgehead atoms. The van der Waals surface area contributed by atoms with Crippen LogP contribution in [0.5, 0.6) is 0 Å². The zero-order valence-corrected chi connectivity index (χ0v) is 13.0. The summed E-state index contributed by atoms with van der Waals surface area (Å²) < 4.78 is 40.6. The van der Waals surface area contributed by atoms with Gasteiger partial charge in [0.2, 0.25) is 0 Å². The highest BCUT2D eigenvalue weighted by atomic mass is 79.9. The Morgan fingerprint density at radius 1 is 1.22 bits per heavy atom. The van der Waals surface area contributed by atoms with Gasteiger partial charge in [-0.1, -0.05) is 28.1 Å². The smallest absolute Gasteiger partial charge is 0.384 e.